The van der Waals surface area contributed by atoms with E-state index in [0.717, 1.165) is 5.56 Å². The highest BCUT2D eigenvalue weighted by Gasteiger charge is 2.27. The zero-order chi connectivity index (χ0) is 9.90. The van der Waals surface area contributed by atoms with Crippen molar-refractivity contribution < 1.29 is 13.2 Å². The third kappa shape index (κ3) is 3.49. The van der Waals surface area contributed by atoms with Crippen LogP contribution >= 0.6 is 0 Å². The molecule has 0 unspecified atom stereocenters. The first-order chi connectivity index (χ1) is 6.01. The van der Waals surface area contributed by atoms with Gasteiger partial charge in [0.1, 0.15) is 0 Å². The molecule has 0 heterocycles. The Bertz CT molecular complexity index is 276. The first-order valence-corrected chi connectivity index (χ1v) is 3.96. The van der Waals surface area contributed by atoms with E-state index in [2.05, 4.69) is 0 Å². The van der Waals surface area contributed by atoms with Crippen LogP contribution < -0.4 is 0 Å². The summed E-state index contributed by atoms with van der Waals surface area (Å²) >= 11 is 0. The van der Waals surface area contributed by atoms with Crippen LogP contribution in [0.4, 0.5) is 13.2 Å². The zero-order valence-corrected chi connectivity index (χ0v) is 7.23. The Balaban J connectivity index is 2.78. The second kappa shape index (κ2) is 3.81. The third-order valence-corrected chi connectivity index (χ3v) is 1.69. The average molecular weight is 187 g/mol. The summed E-state index contributed by atoms with van der Waals surface area (Å²) in [5.41, 5.74) is 1.13. The van der Waals surface area contributed by atoms with Crippen molar-refractivity contribution in [1.29, 1.82) is 0 Å². The van der Waals surface area contributed by atoms with Crippen LogP contribution in [0.1, 0.15) is 18.1 Å². The molecule has 1 rings (SSSR count). The van der Waals surface area contributed by atoms with Gasteiger partial charge < -0.3 is 0 Å². The molecule has 71 valence electrons. The molecule has 13 heavy (non-hydrogen) atoms. The number of halogens is 3. The third-order valence-electron chi connectivity index (χ3n) is 1.69. The van der Waals surface area contributed by atoms with E-state index in [9.17, 15) is 13.2 Å². The van der Waals surface area contributed by atoms with Crippen LogP contribution in [-0.2, 0) is 6.42 Å². The lowest BCUT2D eigenvalue weighted by atomic mass is 10.1. The minimum atomic E-state index is -4.12. The summed E-state index contributed by atoms with van der Waals surface area (Å²) in [6.45, 7) is 1.80. The van der Waals surface area contributed by atoms with E-state index in [4.69, 9.17) is 0 Å². The van der Waals surface area contributed by atoms with E-state index in [-0.39, 0.29) is 0 Å². The normalized spacial score (nSPS) is 11.7. The Hall–Kier alpha value is -0.990. The van der Waals surface area contributed by atoms with Gasteiger partial charge in [0.15, 0.2) is 0 Å². The van der Waals surface area contributed by atoms with E-state index in [1.54, 1.807) is 31.5 Å². The van der Waals surface area contributed by atoms with E-state index < -0.39 is 12.6 Å². The van der Waals surface area contributed by atoms with E-state index in [1.807, 2.05) is 0 Å². The van der Waals surface area contributed by atoms with Crippen molar-refractivity contribution in [3.05, 3.63) is 41.8 Å². The van der Waals surface area contributed by atoms with E-state index >= 15 is 0 Å². The minimum absolute atomic E-state index is 0.308. The first-order valence-electron chi connectivity index (χ1n) is 3.96. The van der Waals surface area contributed by atoms with Gasteiger partial charge in [0, 0.05) is 0 Å². The maximum absolute atomic E-state index is 12.0. The van der Waals surface area contributed by atoms with Crippen molar-refractivity contribution >= 4 is 0 Å². The fourth-order valence-corrected chi connectivity index (χ4v) is 1.11. The molecule has 1 radical (unpaired) electrons. The monoisotopic (exact) mass is 187 g/mol. The summed E-state index contributed by atoms with van der Waals surface area (Å²) in [7, 11) is 0. The van der Waals surface area contributed by atoms with E-state index in [0.29, 0.717) is 5.56 Å². The predicted octanol–water partition coefficient (Wildman–Crippen LogP) is 3.36. The molecule has 0 atom stereocenters. The highest BCUT2D eigenvalue weighted by molar-refractivity contribution is 5.28. The lowest BCUT2D eigenvalue weighted by molar-refractivity contribution is -0.127. The van der Waals surface area contributed by atoms with Gasteiger partial charge in [-0.1, -0.05) is 31.2 Å². The smallest absolute Gasteiger partial charge is 0.171 e. The van der Waals surface area contributed by atoms with Gasteiger partial charge in [0.05, 0.1) is 6.42 Å². The van der Waals surface area contributed by atoms with Crippen molar-refractivity contribution in [2.75, 3.05) is 0 Å². The Labute approximate surface area is 75.4 Å². The van der Waals surface area contributed by atoms with Gasteiger partial charge in [0.2, 0.25) is 0 Å². The molecule has 0 spiro atoms. The quantitative estimate of drug-likeness (QED) is 0.665. The molecule has 0 aromatic heterocycles. The summed E-state index contributed by atoms with van der Waals surface area (Å²) in [6.07, 6.45) is -3.19. The highest BCUT2D eigenvalue weighted by Crippen LogP contribution is 2.21. The molecule has 0 bridgehead atoms. The number of rotatable bonds is 2. The summed E-state index contributed by atoms with van der Waals surface area (Å²) in [6, 6.07) is 6.45. The Morgan fingerprint density at radius 3 is 2.54 bits per heavy atom. The minimum Gasteiger partial charge on any atom is -0.171 e. The average Bonchev–Trinajstić information content (AvgIpc) is 2.01. The molecule has 0 N–H and O–H groups in total. The zero-order valence-electron chi connectivity index (χ0n) is 7.23. The largest absolute Gasteiger partial charge is 0.393 e. The van der Waals surface area contributed by atoms with E-state index in [1.165, 1.54) is 6.07 Å². The molecule has 1 aromatic carbocycles. The summed E-state index contributed by atoms with van der Waals surface area (Å²) in [4.78, 5) is 0. The highest BCUT2D eigenvalue weighted by atomic mass is 19.4. The summed E-state index contributed by atoms with van der Waals surface area (Å²) in [5.74, 6) is 0. The van der Waals surface area contributed by atoms with Gasteiger partial charge in [-0.05, 0) is 17.5 Å². The lowest BCUT2D eigenvalue weighted by Crippen LogP contribution is -2.11. The van der Waals surface area contributed by atoms with Crippen molar-refractivity contribution in [3.8, 4) is 0 Å². The van der Waals surface area contributed by atoms with Crippen LogP contribution in [-0.4, -0.2) is 6.18 Å². The molecule has 0 saturated carbocycles. The number of hydrogen-bond donors (Lipinski definition) is 0. The molecule has 1 aromatic rings. The molecular weight excluding hydrogens is 177 g/mol. The van der Waals surface area contributed by atoms with Gasteiger partial charge >= 0.3 is 6.18 Å². The van der Waals surface area contributed by atoms with Crippen LogP contribution in [0, 0.1) is 6.42 Å². The maximum Gasteiger partial charge on any atom is 0.393 e. The van der Waals surface area contributed by atoms with Crippen molar-refractivity contribution in [2.45, 2.75) is 19.5 Å². The summed E-state index contributed by atoms with van der Waals surface area (Å²) in [5, 5.41) is 0. The Morgan fingerprint density at radius 1 is 1.31 bits per heavy atom. The number of hydrogen-bond acceptors (Lipinski definition) is 0. The number of benzene rings is 1. The van der Waals surface area contributed by atoms with Gasteiger partial charge in [-0.3, -0.25) is 0 Å². The first kappa shape index (κ1) is 10.1. The fourth-order valence-electron chi connectivity index (χ4n) is 1.11. The molecule has 0 aliphatic carbocycles. The van der Waals surface area contributed by atoms with Crippen molar-refractivity contribution in [1.82, 2.24) is 0 Å². The Kier molecular flexibility index (Phi) is 2.96. The molecule has 0 nitrogen and oxygen atoms in total. The topological polar surface area (TPSA) is 0 Å². The van der Waals surface area contributed by atoms with Crippen LogP contribution in [0.2, 0.25) is 0 Å². The van der Waals surface area contributed by atoms with Crippen LogP contribution in [0.25, 0.3) is 0 Å². The Morgan fingerprint density at radius 2 is 2.00 bits per heavy atom. The van der Waals surface area contributed by atoms with Gasteiger partial charge in [-0.2, -0.15) is 13.2 Å². The molecule has 3 heteroatoms. The van der Waals surface area contributed by atoms with Crippen LogP contribution in [0.3, 0.4) is 0 Å². The summed E-state index contributed by atoms with van der Waals surface area (Å²) < 4.78 is 35.9. The SMILES string of the molecule is C[CH]c1cccc(CC(F)(F)F)c1. The molecule has 0 fully saturated rings. The molecule has 0 aliphatic heterocycles. The standard InChI is InChI=1S/C10H10F3/c1-2-8-4-3-5-9(6-8)7-10(11,12)13/h2-6H,7H2,1H3. The second-order valence-electron chi connectivity index (χ2n) is 2.83. The fraction of sp³-hybridized carbons (Fsp3) is 0.300. The van der Waals surface area contributed by atoms with Crippen LogP contribution in [0.15, 0.2) is 24.3 Å². The van der Waals surface area contributed by atoms with Gasteiger partial charge in [0.25, 0.3) is 0 Å². The van der Waals surface area contributed by atoms with Gasteiger partial charge in [-0.25, -0.2) is 0 Å². The van der Waals surface area contributed by atoms with Gasteiger partial charge in [-0.15, -0.1) is 0 Å². The second-order valence-corrected chi connectivity index (χ2v) is 2.83. The molecule has 0 amide bonds. The molecule has 0 aliphatic rings. The van der Waals surface area contributed by atoms with Crippen LogP contribution in [0.5, 0.6) is 0 Å². The maximum atomic E-state index is 12.0. The number of alkyl halides is 3. The molecular formula is C10H10F3. The lowest BCUT2D eigenvalue weighted by Gasteiger charge is -2.06. The molecule has 0 saturated heterocycles. The van der Waals surface area contributed by atoms with Crippen molar-refractivity contribution in [3.63, 3.8) is 0 Å². The predicted molar refractivity (Wildman–Crippen MR) is 45.3 cm³/mol. The van der Waals surface area contributed by atoms with Crippen molar-refractivity contribution in [2.24, 2.45) is 0 Å².